The number of ether oxygens (including phenoxy) is 2. The summed E-state index contributed by atoms with van der Waals surface area (Å²) in [6, 6.07) is 11.6. The standard InChI is InChI=1S/C28H34N4O4/c1-7-32(8-2)22-16-20-19(29-23(30-20)17-9-11-18(35-6)12-10-17)15-21(22)31-24(33)28-14-13-27(5,25(34)36-28)26(28,3)4/h9-12,15-16H,7-8,13-14H2,1-6H3,(H,29,30)(H,31,33). The average molecular weight is 491 g/mol. The number of nitrogens with zero attached hydrogens (tertiary/aromatic N) is 2. The highest BCUT2D eigenvalue weighted by atomic mass is 16.6. The quantitative estimate of drug-likeness (QED) is 0.445. The minimum absolute atomic E-state index is 0.273. The smallest absolute Gasteiger partial charge is 0.313 e. The summed E-state index contributed by atoms with van der Waals surface area (Å²) in [7, 11) is 1.64. The van der Waals surface area contributed by atoms with Crippen LogP contribution in [0.1, 0.15) is 47.5 Å². The van der Waals surface area contributed by atoms with Gasteiger partial charge in [0.1, 0.15) is 11.6 Å². The molecule has 2 fully saturated rings. The summed E-state index contributed by atoms with van der Waals surface area (Å²) in [4.78, 5) is 36.9. The number of rotatable bonds is 7. The maximum absolute atomic E-state index is 13.8. The summed E-state index contributed by atoms with van der Waals surface area (Å²) >= 11 is 0. The Kier molecular flexibility index (Phi) is 5.54. The Hall–Kier alpha value is -3.55. The van der Waals surface area contributed by atoms with Crippen LogP contribution in [0.2, 0.25) is 0 Å². The number of esters is 1. The molecule has 0 spiro atoms. The predicted molar refractivity (Wildman–Crippen MR) is 140 cm³/mol. The van der Waals surface area contributed by atoms with E-state index in [4.69, 9.17) is 14.5 Å². The van der Waals surface area contributed by atoms with Gasteiger partial charge in [-0.25, -0.2) is 4.98 Å². The number of amides is 1. The number of carbonyl (C=O) groups is 2. The first kappa shape index (κ1) is 24.2. The molecule has 2 unspecified atom stereocenters. The van der Waals surface area contributed by atoms with Gasteiger partial charge in [-0.15, -0.1) is 0 Å². The molecule has 8 heteroatoms. The molecule has 1 aromatic heterocycles. The Labute approximate surface area is 211 Å². The first-order chi connectivity index (χ1) is 17.1. The van der Waals surface area contributed by atoms with Gasteiger partial charge < -0.3 is 24.7 Å². The van der Waals surface area contributed by atoms with Crippen LogP contribution in [0.4, 0.5) is 11.4 Å². The highest BCUT2D eigenvalue weighted by Gasteiger charge is 2.75. The summed E-state index contributed by atoms with van der Waals surface area (Å²) in [6.45, 7) is 11.5. The van der Waals surface area contributed by atoms with Gasteiger partial charge >= 0.3 is 5.97 Å². The molecule has 190 valence electrons. The first-order valence-corrected chi connectivity index (χ1v) is 12.6. The number of benzene rings is 2. The molecule has 2 aliphatic rings. The number of anilines is 2. The van der Waals surface area contributed by atoms with Crippen LogP contribution in [-0.4, -0.2) is 47.6 Å². The Morgan fingerprint density at radius 3 is 2.39 bits per heavy atom. The van der Waals surface area contributed by atoms with Gasteiger partial charge in [0.25, 0.3) is 5.91 Å². The second-order valence-corrected chi connectivity index (χ2v) is 10.5. The summed E-state index contributed by atoms with van der Waals surface area (Å²) in [5.41, 5.74) is 1.64. The summed E-state index contributed by atoms with van der Waals surface area (Å²) in [5, 5.41) is 3.15. The van der Waals surface area contributed by atoms with Crippen molar-refractivity contribution in [3.63, 3.8) is 0 Å². The number of aromatic amines is 1. The number of imidazole rings is 1. The van der Waals surface area contributed by atoms with Crippen molar-refractivity contribution < 1.29 is 19.1 Å². The van der Waals surface area contributed by atoms with E-state index in [1.165, 1.54) is 0 Å². The monoisotopic (exact) mass is 490 g/mol. The van der Waals surface area contributed by atoms with Crippen molar-refractivity contribution in [3.8, 4) is 17.1 Å². The van der Waals surface area contributed by atoms with E-state index in [1.807, 2.05) is 57.2 Å². The van der Waals surface area contributed by atoms with Crippen LogP contribution in [0, 0.1) is 10.8 Å². The largest absolute Gasteiger partial charge is 0.497 e. The fourth-order valence-corrected chi connectivity index (χ4v) is 5.83. The Morgan fingerprint density at radius 1 is 1.14 bits per heavy atom. The predicted octanol–water partition coefficient (Wildman–Crippen LogP) is 5.15. The molecular weight excluding hydrogens is 456 g/mol. The van der Waals surface area contributed by atoms with Crippen molar-refractivity contribution in [1.29, 1.82) is 0 Å². The lowest BCUT2D eigenvalue weighted by Crippen LogP contribution is -2.50. The minimum Gasteiger partial charge on any atom is -0.497 e. The van der Waals surface area contributed by atoms with E-state index in [2.05, 4.69) is 29.0 Å². The summed E-state index contributed by atoms with van der Waals surface area (Å²) in [5.74, 6) is 0.954. The second-order valence-electron chi connectivity index (χ2n) is 10.5. The molecule has 1 saturated heterocycles. The number of hydrogen-bond acceptors (Lipinski definition) is 6. The highest BCUT2D eigenvalue weighted by molar-refractivity contribution is 6.06. The molecule has 2 heterocycles. The van der Waals surface area contributed by atoms with Crippen LogP contribution in [0.5, 0.6) is 5.75 Å². The second kappa shape index (κ2) is 8.25. The van der Waals surface area contributed by atoms with E-state index < -0.39 is 16.4 Å². The number of hydrogen-bond donors (Lipinski definition) is 2. The summed E-state index contributed by atoms with van der Waals surface area (Å²) < 4.78 is 11.1. The molecule has 2 aromatic carbocycles. The van der Waals surface area contributed by atoms with E-state index in [-0.39, 0.29) is 11.9 Å². The molecule has 5 rings (SSSR count). The van der Waals surface area contributed by atoms with Crippen LogP contribution < -0.4 is 15.0 Å². The normalized spacial score (nSPS) is 24.1. The Morgan fingerprint density at radius 2 is 1.83 bits per heavy atom. The van der Waals surface area contributed by atoms with Crippen LogP contribution in [0.25, 0.3) is 22.4 Å². The van der Waals surface area contributed by atoms with Gasteiger partial charge in [0, 0.05) is 24.1 Å². The van der Waals surface area contributed by atoms with Crippen LogP contribution in [0.15, 0.2) is 36.4 Å². The zero-order valence-electron chi connectivity index (χ0n) is 21.8. The maximum atomic E-state index is 13.8. The lowest BCUT2D eigenvalue weighted by molar-refractivity contribution is -0.165. The van der Waals surface area contributed by atoms with Gasteiger partial charge in [0.15, 0.2) is 5.60 Å². The molecule has 2 bridgehead atoms. The number of fused-ring (bicyclic) bond motifs is 3. The third kappa shape index (κ3) is 3.23. The molecule has 1 aliphatic heterocycles. The molecule has 2 N–H and O–H groups in total. The number of aromatic nitrogens is 2. The van der Waals surface area contributed by atoms with Crippen molar-refractivity contribution in [2.24, 2.45) is 10.8 Å². The third-order valence-electron chi connectivity index (χ3n) is 8.77. The molecular formula is C28H34N4O4. The lowest BCUT2D eigenvalue weighted by Gasteiger charge is -2.35. The van der Waals surface area contributed by atoms with E-state index >= 15 is 0 Å². The van der Waals surface area contributed by atoms with Crippen molar-refractivity contribution in [2.45, 2.75) is 53.1 Å². The van der Waals surface area contributed by atoms with E-state index in [1.54, 1.807) is 7.11 Å². The van der Waals surface area contributed by atoms with Gasteiger partial charge in [0.05, 0.1) is 34.9 Å². The zero-order valence-corrected chi connectivity index (χ0v) is 21.8. The highest BCUT2D eigenvalue weighted by Crippen LogP contribution is 2.65. The third-order valence-corrected chi connectivity index (χ3v) is 8.77. The van der Waals surface area contributed by atoms with Gasteiger partial charge in [-0.05, 0) is 70.0 Å². The van der Waals surface area contributed by atoms with Crippen molar-refractivity contribution in [3.05, 3.63) is 36.4 Å². The Balaban J connectivity index is 1.55. The van der Waals surface area contributed by atoms with E-state index in [0.29, 0.717) is 18.5 Å². The van der Waals surface area contributed by atoms with Gasteiger partial charge in [0.2, 0.25) is 0 Å². The fraction of sp³-hybridized carbons (Fsp3) is 0.464. The average Bonchev–Trinajstić information content (AvgIpc) is 3.42. The van der Waals surface area contributed by atoms with Crippen LogP contribution in [-0.2, 0) is 14.3 Å². The lowest BCUT2D eigenvalue weighted by atomic mass is 9.66. The number of methoxy groups -OCH3 is 1. The first-order valence-electron chi connectivity index (χ1n) is 12.6. The fourth-order valence-electron chi connectivity index (χ4n) is 5.83. The molecule has 3 aromatic rings. The molecule has 1 amide bonds. The van der Waals surface area contributed by atoms with Crippen LogP contribution >= 0.6 is 0 Å². The Bertz CT molecular complexity index is 1340. The molecule has 36 heavy (non-hydrogen) atoms. The molecule has 0 radical (unpaired) electrons. The van der Waals surface area contributed by atoms with Gasteiger partial charge in [-0.2, -0.15) is 0 Å². The molecule has 1 aliphatic carbocycles. The maximum Gasteiger partial charge on any atom is 0.313 e. The molecule has 1 saturated carbocycles. The zero-order chi connectivity index (χ0) is 25.9. The minimum atomic E-state index is -1.18. The number of carbonyl (C=O) groups excluding carboxylic acids is 2. The van der Waals surface area contributed by atoms with Crippen molar-refractivity contribution >= 4 is 34.3 Å². The number of nitrogens with one attached hydrogen (secondary N) is 2. The summed E-state index contributed by atoms with van der Waals surface area (Å²) in [6.07, 6.45) is 1.16. The number of H-pyrrole nitrogens is 1. The molecule has 2 atom stereocenters. The van der Waals surface area contributed by atoms with E-state index in [9.17, 15) is 9.59 Å². The van der Waals surface area contributed by atoms with Gasteiger partial charge in [-0.1, -0.05) is 13.8 Å². The SMILES string of the molecule is CCN(CC)c1cc2nc(-c3ccc(OC)cc3)[nH]c2cc1NC(=O)C12CCC(C)(C(=O)O1)C2(C)C. The van der Waals surface area contributed by atoms with Crippen LogP contribution in [0.3, 0.4) is 0 Å². The van der Waals surface area contributed by atoms with Crippen molar-refractivity contribution in [2.75, 3.05) is 30.4 Å². The topological polar surface area (TPSA) is 96.5 Å². The van der Waals surface area contributed by atoms with Gasteiger partial charge in [-0.3, -0.25) is 9.59 Å². The van der Waals surface area contributed by atoms with Crippen molar-refractivity contribution in [1.82, 2.24) is 9.97 Å². The molecule has 8 nitrogen and oxygen atoms in total. The van der Waals surface area contributed by atoms with E-state index in [0.717, 1.165) is 46.9 Å².